The van der Waals surface area contributed by atoms with Crippen molar-refractivity contribution in [3.05, 3.63) is 57.1 Å². The van der Waals surface area contributed by atoms with Crippen LogP contribution in [0.4, 0.5) is 0 Å². The first-order valence-electron chi connectivity index (χ1n) is 8.34. The molecule has 140 valence electrons. The Morgan fingerprint density at radius 2 is 2.15 bits per heavy atom. The Balaban J connectivity index is 0.00000243. The van der Waals surface area contributed by atoms with E-state index >= 15 is 0 Å². The van der Waals surface area contributed by atoms with Crippen LogP contribution in [0.3, 0.4) is 0 Å². The highest BCUT2D eigenvalue weighted by Crippen LogP contribution is 2.19. The minimum atomic E-state index is 0. The van der Waals surface area contributed by atoms with Crippen molar-refractivity contribution in [2.24, 2.45) is 4.99 Å². The Morgan fingerprint density at radius 3 is 2.88 bits per heavy atom. The summed E-state index contributed by atoms with van der Waals surface area (Å²) < 4.78 is 3.04. The summed E-state index contributed by atoms with van der Waals surface area (Å²) in [4.78, 5) is 10.7. The molecule has 3 heterocycles. The fourth-order valence-electron chi connectivity index (χ4n) is 2.52. The van der Waals surface area contributed by atoms with E-state index in [1.807, 2.05) is 28.9 Å². The Hall–Kier alpha value is -1.13. The molecule has 1 atom stereocenters. The first-order valence-corrected chi connectivity index (χ1v) is 10.0. The van der Waals surface area contributed by atoms with E-state index in [0.29, 0.717) is 12.5 Å². The van der Waals surface area contributed by atoms with Crippen molar-refractivity contribution in [2.45, 2.75) is 26.3 Å². The molecule has 0 aliphatic heterocycles. The summed E-state index contributed by atoms with van der Waals surface area (Å²) >= 11 is 5.27. The van der Waals surface area contributed by atoms with E-state index in [4.69, 9.17) is 0 Å². The van der Waals surface area contributed by atoms with Crippen molar-refractivity contribution < 1.29 is 0 Å². The van der Waals surface area contributed by atoms with E-state index in [1.54, 1.807) is 11.3 Å². The van der Waals surface area contributed by atoms with Crippen LogP contribution >= 0.6 is 51.2 Å². The minimum Gasteiger partial charge on any atom is -0.357 e. The van der Waals surface area contributed by atoms with Crippen LogP contribution in [-0.2, 0) is 6.54 Å². The van der Waals surface area contributed by atoms with Gasteiger partial charge in [0.1, 0.15) is 5.65 Å². The maximum absolute atomic E-state index is 4.66. The van der Waals surface area contributed by atoms with Gasteiger partial charge >= 0.3 is 0 Å². The molecule has 0 aliphatic rings. The van der Waals surface area contributed by atoms with Crippen LogP contribution in [0.5, 0.6) is 0 Å². The maximum atomic E-state index is 4.66. The van der Waals surface area contributed by atoms with E-state index in [-0.39, 0.29) is 24.0 Å². The monoisotopic (exact) mass is 547 g/mol. The zero-order valence-corrected chi connectivity index (χ0v) is 19.5. The van der Waals surface area contributed by atoms with Gasteiger partial charge in [0.25, 0.3) is 0 Å². The van der Waals surface area contributed by atoms with Crippen molar-refractivity contribution in [3.8, 4) is 0 Å². The summed E-state index contributed by atoms with van der Waals surface area (Å²) in [6.45, 7) is 6.52. The highest BCUT2D eigenvalue weighted by atomic mass is 127. The molecular weight excluding hydrogens is 525 g/mol. The van der Waals surface area contributed by atoms with E-state index in [9.17, 15) is 0 Å². The van der Waals surface area contributed by atoms with Gasteiger partial charge in [0.05, 0.1) is 12.2 Å². The Morgan fingerprint density at radius 1 is 1.31 bits per heavy atom. The van der Waals surface area contributed by atoms with Gasteiger partial charge in [-0.05, 0) is 46.4 Å². The lowest BCUT2D eigenvalue weighted by atomic mass is 10.1. The van der Waals surface area contributed by atoms with Crippen LogP contribution < -0.4 is 10.6 Å². The van der Waals surface area contributed by atoms with Crippen molar-refractivity contribution in [1.82, 2.24) is 20.0 Å². The Kier molecular flexibility index (Phi) is 8.36. The van der Waals surface area contributed by atoms with Crippen molar-refractivity contribution in [3.63, 3.8) is 0 Å². The summed E-state index contributed by atoms with van der Waals surface area (Å²) in [6, 6.07) is 8.25. The number of aliphatic imine (C=N–C) groups is 1. The zero-order chi connectivity index (χ0) is 17.6. The van der Waals surface area contributed by atoms with Crippen LogP contribution in [0.15, 0.2) is 51.5 Å². The molecule has 3 aromatic rings. The van der Waals surface area contributed by atoms with Crippen LogP contribution in [-0.4, -0.2) is 28.4 Å². The molecular formula is C18H23BrIN5S. The van der Waals surface area contributed by atoms with Gasteiger partial charge in [-0.1, -0.05) is 13.0 Å². The second-order valence-corrected chi connectivity index (χ2v) is 7.73. The molecule has 2 N–H and O–H groups in total. The normalized spacial score (nSPS) is 12.7. The van der Waals surface area contributed by atoms with Crippen molar-refractivity contribution in [2.75, 3.05) is 13.1 Å². The van der Waals surface area contributed by atoms with Gasteiger partial charge in [-0.15, -0.1) is 35.3 Å². The summed E-state index contributed by atoms with van der Waals surface area (Å²) in [5.41, 5.74) is 1.87. The molecule has 3 rings (SSSR count). The fraction of sp³-hybridized carbons (Fsp3) is 0.333. The number of fused-ring (bicyclic) bond motifs is 1. The van der Waals surface area contributed by atoms with Crippen LogP contribution in [0.25, 0.3) is 5.65 Å². The molecule has 5 nitrogen and oxygen atoms in total. The standard InChI is InChI=1S/C18H22BrN5S.HI/c1-3-20-18(21-9-13(2)16-5-4-8-25-16)22-10-15-12-24-11-14(19)6-7-17(24)23-15;/h4-8,11-13H,3,9-10H2,1-2H3,(H2,20,21,22);1H. The minimum absolute atomic E-state index is 0. The fourth-order valence-corrected chi connectivity index (χ4v) is 3.66. The number of pyridine rings is 1. The second kappa shape index (κ2) is 10.3. The number of rotatable bonds is 6. The maximum Gasteiger partial charge on any atom is 0.191 e. The third-order valence-corrected chi connectivity index (χ3v) is 5.39. The highest BCUT2D eigenvalue weighted by molar-refractivity contribution is 14.0. The molecule has 0 aliphatic carbocycles. The smallest absolute Gasteiger partial charge is 0.191 e. The van der Waals surface area contributed by atoms with E-state index in [1.165, 1.54) is 4.88 Å². The predicted molar refractivity (Wildman–Crippen MR) is 124 cm³/mol. The molecule has 0 saturated carbocycles. The number of hydrogen-bond acceptors (Lipinski definition) is 3. The highest BCUT2D eigenvalue weighted by Gasteiger charge is 2.08. The van der Waals surface area contributed by atoms with Crippen LogP contribution in [0, 0.1) is 0 Å². The number of halogens is 2. The number of nitrogens with zero attached hydrogens (tertiary/aromatic N) is 3. The zero-order valence-electron chi connectivity index (χ0n) is 14.8. The summed E-state index contributed by atoms with van der Waals surface area (Å²) in [5, 5.41) is 8.84. The quantitative estimate of drug-likeness (QED) is 0.269. The van der Waals surface area contributed by atoms with Gasteiger partial charge in [-0.2, -0.15) is 0 Å². The molecule has 26 heavy (non-hydrogen) atoms. The van der Waals surface area contributed by atoms with E-state index < -0.39 is 0 Å². The first-order chi connectivity index (χ1) is 12.2. The lowest BCUT2D eigenvalue weighted by molar-refractivity contribution is 0.709. The average Bonchev–Trinajstić information content (AvgIpc) is 3.26. The summed E-state index contributed by atoms with van der Waals surface area (Å²) in [5.74, 6) is 1.28. The lowest BCUT2D eigenvalue weighted by Crippen LogP contribution is -2.39. The first kappa shape index (κ1) is 21.2. The number of hydrogen-bond donors (Lipinski definition) is 2. The van der Waals surface area contributed by atoms with Gasteiger partial charge in [-0.3, -0.25) is 0 Å². The topological polar surface area (TPSA) is 53.7 Å². The third-order valence-electron chi connectivity index (χ3n) is 3.81. The van der Waals surface area contributed by atoms with Crippen molar-refractivity contribution >= 4 is 62.9 Å². The molecule has 0 aromatic carbocycles. The average molecular weight is 548 g/mol. The molecule has 1 unspecified atom stereocenters. The molecule has 3 aromatic heterocycles. The van der Waals surface area contributed by atoms with Gasteiger partial charge in [-0.25, -0.2) is 9.98 Å². The Bertz CT molecular complexity index is 847. The predicted octanol–water partition coefficient (Wildman–Crippen LogP) is 4.64. The molecule has 0 spiro atoms. The van der Waals surface area contributed by atoms with Crippen molar-refractivity contribution in [1.29, 1.82) is 0 Å². The largest absolute Gasteiger partial charge is 0.357 e. The van der Waals surface area contributed by atoms with Gasteiger partial charge in [0.2, 0.25) is 0 Å². The second-order valence-electron chi connectivity index (χ2n) is 5.84. The van der Waals surface area contributed by atoms with Crippen LogP contribution in [0.2, 0.25) is 0 Å². The molecule has 0 amide bonds. The van der Waals surface area contributed by atoms with Crippen LogP contribution in [0.1, 0.15) is 30.3 Å². The van der Waals surface area contributed by atoms with Gasteiger partial charge in [0.15, 0.2) is 5.96 Å². The molecule has 8 heteroatoms. The molecule has 0 bridgehead atoms. The summed E-state index contributed by atoms with van der Waals surface area (Å²) in [6.07, 6.45) is 4.02. The summed E-state index contributed by atoms with van der Waals surface area (Å²) in [7, 11) is 0. The number of aromatic nitrogens is 2. The SMILES string of the molecule is CCNC(=NCc1cn2cc(Br)ccc2n1)NCC(C)c1cccs1.I. The molecule has 0 radical (unpaired) electrons. The molecule has 0 saturated heterocycles. The van der Waals surface area contributed by atoms with E-state index in [0.717, 1.165) is 34.9 Å². The number of guanidine groups is 1. The third kappa shape index (κ3) is 5.68. The lowest BCUT2D eigenvalue weighted by Gasteiger charge is -2.14. The Labute approximate surface area is 183 Å². The van der Waals surface area contributed by atoms with Gasteiger partial charge < -0.3 is 15.0 Å². The molecule has 0 fully saturated rings. The number of nitrogens with one attached hydrogen (secondary N) is 2. The van der Waals surface area contributed by atoms with Gasteiger partial charge in [0, 0.05) is 40.8 Å². The van der Waals surface area contributed by atoms with E-state index in [2.05, 4.69) is 67.9 Å². The number of imidazole rings is 1. The number of thiophene rings is 1.